The minimum absolute atomic E-state index is 0.00404. The molecule has 1 aromatic heterocycles. The van der Waals surface area contributed by atoms with E-state index in [1.54, 1.807) is 13.2 Å². The number of hydrogen-bond acceptors (Lipinski definition) is 4. The van der Waals surface area contributed by atoms with Gasteiger partial charge in [0.25, 0.3) is 0 Å². The number of aliphatic hydroxyl groups excluding tert-OH is 1. The first-order valence-corrected chi connectivity index (χ1v) is 6.53. The highest BCUT2D eigenvalue weighted by molar-refractivity contribution is 5.83. The first-order chi connectivity index (χ1) is 9.00. The number of hydrogen-bond donors (Lipinski definition) is 2. The Morgan fingerprint density at radius 3 is 2.95 bits per heavy atom. The Bertz CT molecular complexity index is 490. The molecule has 0 radical (unpaired) electrons. The van der Waals surface area contributed by atoms with Crippen molar-refractivity contribution in [1.82, 2.24) is 10.3 Å². The van der Waals surface area contributed by atoms with Gasteiger partial charge in [0.1, 0.15) is 5.82 Å². The number of rotatable bonds is 3. The van der Waals surface area contributed by atoms with E-state index in [4.69, 9.17) is 5.11 Å². The summed E-state index contributed by atoms with van der Waals surface area (Å²) in [5.74, 6) is 0.990. The molecule has 1 aliphatic heterocycles. The van der Waals surface area contributed by atoms with Crippen molar-refractivity contribution in [1.29, 1.82) is 0 Å². The Morgan fingerprint density at radius 2 is 2.37 bits per heavy atom. The average molecular weight is 263 g/mol. The third-order valence-corrected chi connectivity index (χ3v) is 3.84. The van der Waals surface area contributed by atoms with E-state index < -0.39 is 0 Å². The lowest BCUT2D eigenvalue weighted by Gasteiger charge is -2.24. The Morgan fingerprint density at radius 1 is 1.63 bits per heavy atom. The average Bonchev–Trinajstić information content (AvgIpc) is 2.81. The van der Waals surface area contributed by atoms with Crippen LogP contribution < -0.4 is 10.2 Å². The lowest BCUT2D eigenvalue weighted by Crippen LogP contribution is -2.39. The molecule has 0 bridgehead atoms. The molecule has 5 heteroatoms. The number of carbonyl (C=O) groups excluding carboxylic acids is 1. The van der Waals surface area contributed by atoms with Gasteiger partial charge < -0.3 is 15.3 Å². The second-order valence-corrected chi connectivity index (χ2v) is 5.45. The number of aryl methyl sites for hydroxylation is 1. The zero-order chi connectivity index (χ0) is 14.0. The fourth-order valence-electron chi connectivity index (χ4n) is 2.67. The predicted octanol–water partition coefficient (Wildman–Crippen LogP) is 0.845. The molecule has 1 saturated heterocycles. The van der Waals surface area contributed by atoms with E-state index in [1.807, 2.05) is 19.9 Å². The topological polar surface area (TPSA) is 65.5 Å². The normalized spacial score (nSPS) is 22.6. The van der Waals surface area contributed by atoms with Crippen molar-refractivity contribution in [2.75, 3.05) is 25.0 Å². The molecule has 5 nitrogen and oxygen atoms in total. The summed E-state index contributed by atoms with van der Waals surface area (Å²) in [5, 5.41) is 11.8. The van der Waals surface area contributed by atoms with Gasteiger partial charge in [-0.3, -0.25) is 4.79 Å². The number of amides is 1. The summed E-state index contributed by atoms with van der Waals surface area (Å²) >= 11 is 0. The van der Waals surface area contributed by atoms with Crippen LogP contribution in [0.4, 0.5) is 5.82 Å². The molecule has 1 atom stereocenters. The number of nitrogens with one attached hydrogen (secondary N) is 1. The highest BCUT2D eigenvalue weighted by atomic mass is 16.3. The number of nitrogens with zero attached hydrogens (tertiary/aromatic N) is 2. The maximum atomic E-state index is 11.9. The minimum Gasteiger partial charge on any atom is -0.392 e. The van der Waals surface area contributed by atoms with Gasteiger partial charge >= 0.3 is 0 Å². The number of aliphatic hydroxyl groups is 1. The molecule has 0 spiro atoms. The zero-order valence-corrected chi connectivity index (χ0v) is 11.7. The van der Waals surface area contributed by atoms with Gasteiger partial charge in [-0.15, -0.1) is 0 Å². The van der Waals surface area contributed by atoms with Crippen LogP contribution in [0.1, 0.15) is 24.5 Å². The summed E-state index contributed by atoms with van der Waals surface area (Å²) in [4.78, 5) is 18.5. The van der Waals surface area contributed by atoms with Crippen molar-refractivity contribution in [3.8, 4) is 0 Å². The molecule has 104 valence electrons. The molecular weight excluding hydrogens is 242 g/mol. The minimum atomic E-state index is -0.349. The lowest BCUT2D eigenvalue weighted by atomic mass is 9.89. The van der Waals surface area contributed by atoms with Crippen molar-refractivity contribution in [3.63, 3.8) is 0 Å². The molecular formula is C14H21N3O2. The summed E-state index contributed by atoms with van der Waals surface area (Å²) < 4.78 is 0. The van der Waals surface area contributed by atoms with E-state index >= 15 is 0 Å². The Kier molecular flexibility index (Phi) is 3.75. The molecule has 1 unspecified atom stereocenters. The summed E-state index contributed by atoms with van der Waals surface area (Å²) in [7, 11) is 1.68. The fourth-order valence-corrected chi connectivity index (χ4v) is 2.67. The molecule has 1 fully saturated rings. The van der Waals surface area contributed by atoms with Crippen LogP contribution >= 0.6 is 0 Å². The van der Waals surface area contributed by atoms with Crippen LogP contribution in [0.5, 0.6) is 0 Å². The highest BCUT2D eigenvalue weighted by Crippen LogP contribution is 2.33. The van der Waals surface area contributed by atoms with Crippen LogP contribution in [-0.2, 0) is 11.4 Å². The standard InChI is InChI=1S/C14H21N3O2/c1-10-6-11(8-18)7-16-12(10)17-5-4-14(2,9-17)13(19)15-3/h6-7,18H,4-5,8-9H2,1-3H3,(H,15,19). The maximum absolute atomic E-state index is 11.9. The lowest BCUT2D eigenvalue weighted by molar-refractivity contribution is -0.128. The SMILES string of the molecule is CNC(=O)C1(C)CCN(c2ncc(CO)cc2C)C1. The molecule has 0 aromatic carbocycles. The van der Waals surface area contributed by atoms with E-state index in [2.05, 4.69) is 15.2 Å². The van der Waals surface area contributed by atoms with Gasteiger partial charge in [-0.05, 0) is 37.5 Å². The number of carbonyl (C=O) groups is 1. The van der Waals surface area contributed by atoms with Crippen molar-refractivity contribution >= 4 is 11.7 Å². The first kappa shape index (κ1) is 13.8. The third kappa shape index (κ3) is 2.56. The van der Waals surface area contributed by atoms with E-state index in [1.165, 1.54) is 0 Å². The summed E-state index contributed by atoms with van der Waals surface area (Å²) in [6, 6.07) is 1.94. The van der Waals surface area contributed by atoms with E-state index in [0.29, 0.717) is 6.54 Å². The Labute approximate surface area is 113 Å². The molecule has 19 heavy (non-hydrogen) atoms. The van der Waals surface area contributed by atoms with Crippen molar-refractivity contribution in [2.24, 2.45) is 5.41 Å². The monoisotopic (exact) mass is 263 g/mol. The molecule has 0 saturated carbocycles. The maximum Gasteiger partial charge on any atom is 0.227 e. The molecule has 2 heterocycles. The van der Waals surface area contributed by atoms with Gasteiger partial charge in [0.05, 0.1) is 12.0 Å². The van der Waals surface area contributed by atoms with Crippen molar-refractivity contribution in [2.45, 2.75) is 26.9 Å². The summed E-state index contributed by atoms with van der Waals surface area (Å²) in [5.41, 5.74) is 1.50. The van der Waals surface area contributed by atoms with Gasteiger partial charge in [0.15, 0.2) is 0 Å². The van der Waals surface area contributed by atoms with Gasteiger partial charge in [0.2, 0.25) is 5.91 Å². The van der Waals surface area contributed by atoms with Crippen molar-refractivity contribution in [3.05, 3.63) is 23.4 Å². The van der Waals surface area contributed by atoms with E-state index in [0.717, 1.165) is 29.9 Å². The quantitative estimate of drug-likeness (QED) is 0.848. The smallest absolute Gasteiger partial charge is 0.227 e. The largest absolute Gasteiger partial charge is 0.392 e. The third-order valence-electron chi connectivity index (χ3n) is 3.84. The number of pyridine rings is 1. The van der Waals surface area contributed by atoms with Gasteiger partial charge in [0, 0.05) is 26.3 Å². The van der Waals surface area contributed by atoms with Crippen LogP contribution in [-0.4, -0.2) is 36.1 Å². The predicted molar refractivity (Wildman–Crippen MR) is 73.9 cm³/mol. The Balaban J connectivity index is 2.19. The second kappa shape index (κ2) is 5.17. The van der Waals surface area contributed by atoms with Crippen LogP contribution in [0.15, 0.2) is 12.3 Å². The molecule has 2 rings (SSSR count). The fraction of sp³-hybridized carbons (Fsp3) is 0.571. The number of anilines is 1. The zero-order valence-electron chi connectivity index (χ0n) is 11.7. The molecule has 1 aromatic rings. The molecule has 0 aliphatic carbocycles. The van der Waals surface area contributed by atoms with Crippen molar-refractivity contribution < 1.29 is 9.90 Å². The van der Waals surface area contributed by atoms with Crippen LogP contribution in [0.2, 0.25) is 0 Å². The molecule has 1 amide bonds. The first-order valence-electron chi connectivity index (χ1n) is 6.53. The van der Waals surface area contributed by atoms with Crippen LogP contribution in [0.25, 0.3) is 0 Å². The van der Waals surface area contributed by atoms with E-state index in [9.17, 15) is 4.79 Å². The Hall–Kier alpha value is -1.62. The second-order valence-electron chi connectivity index (χ2n) is 5.45. The summed E-state index contributed by atoms with van der Waals surface area (Å²) in [6.07, 6.45) is 2.52. The summed E-state index contributed by atoms with van der Waals surface area (Å²) in [6.45, 7) is 5.49. The van der Waals surface area contributed by atoms with Gasteiger partial charge in [-0.1, -0.05) is 0 Å². The molecule has 2 N–H and O–H groups in total. The molecule has 1 aliphatic rings. The number of aromatic nitrogens is 1. The highest BCUT2D eigenvalue weighted by Gasteiger charge is 2.40. The van der Waals surface area contributed by atoms with Gasteiger partial charge in [-0.25, -0.2) is 4.98 Å². The van der Waals surface area contributed by atoms with Gasteiger partial charge in [-0.2, -0.15) is 0 Å². The van der Waals surface area contributed by atoms with E-state index in [-0.39, 0.29) is 17.9 Å². The van der Waals surface area contributed by atoms with Crippen LogP contribution in [0, 0.1) is 12.3 Å². The van der Waals surface area contributed by atoms with Crippen LogP contribution in [0.3, 0.4) is 0 Å².